The van der Waals surface area contributed by atoms with Crippen molar-refractivity contribution in [2.24, 2.45) is 13.0 Å². The van der Waals surface area contributed by atoms with E-state index in [-0.39, 0.29) is 28.7 Å². The van der Waals surface area contributed by atoms with Crippen LogP contribution in [-0.2, 0) is 30.2 Å². The SMILES string of the molecule is Cn1nc2n(c1=O)C[C@@H](C(=O)NCC1(c3ccc(F)cc3)CCCC1)CC2. The van der Waals surface area contributed by atoms with Crippen LogP contribution < -0.4 is 11.0 Å². The van der Waals surface area contributed by atoms with Gasteiger partial charge < -0.3 is 5.32 Å². The fourth-order valence-corrected chi connectivity index (χ4v) is 4.58. The molecule has 1 aromatic heterocycles. The van der Waals surface area contributed by atoms with Crippen LogP contribution in [0.2, 0.25) is 0 Å². The molecule has 0 unspecified atom stereocenters. The largest absolute Gasteiger partial charge is 0.355 e. The van der Waals surface area contributed by atoms with Crippen molar-refractivity contribution in [2.45, 2.75) is 50.5 Å². The average Bonchev–Trinajstić information content (AvgIpc) is 3.26. The van der Waals surface area contributed by atoms with E-state index in [9.17, 15) is 14.0 Å². The van der Waals surface area contributed by atoms with Crippen LogP contribution >= 0.6 is 0 Å². The highest BCUT2D eigenvalue weighted by molar-refractivity contribution is 5.78. The molecule has 1 aromatic carbocycles. The van der Waals surface area contributed by atoms with E-state index in [1.807, 2.05) is 12.1 Å². The van der Waals surface area contributed by atoms with E-state index in [1.54, 1.807) is 11.6 Å². The van der Waals surface area contributed by atoms with Gasteiger partial charge in [-0.1, -0.05) is 25.0 Å². The van der Waals surface area contributed by atoms with Crippen LogP contribution in [0.4, 0.5) is 4.39 Å². The minimum Gasteiger partial charge on any atom is -0.355 e. The van der Waals surface area contributed by atoms with Crippen molar-refractivity contribution in [3.8, 4) is 0 Å². The second kappa shape index (κ2) is 6.94. The first kappa shape index (κ1) is 17.9. The number of fused-ring (bicyclic) bond motifs is 1. The molecule has 0 saturated heterocycles. The van der Waals surface area contributed by atoms with Gasteiger partial charge in [-0.2, -0.15) is 5.10 Å². The summed E-state index contributed by atoms with van der Waals surface area (Å²) in [5.74, 6) is 0.289. The van der Waals surface area contributed by atoms with E-state index in [0.29, 0.717) is 25.9 Å². The zero-order valence-corrected chi connectivity index (χ0v) is 15.6. The van der Waals surface area contributed by atoms with E-state index in [4.69, 9.17) is 0 Å². The van der Waals surface area contributed by atoms with E-state index in [0.717, 1.165) is 37.1 Å². The average molecular weight is 372 g/mol. The molecule has 0 spiro atoms. The first-order valence-electron chi connectivity index (χ1n) is 9.65. The molecule has 1 aliphatic carbocycles. The molecule has 0 bridgehead atoms. The maximum atomic E-state index is 13.3. The quantitative estimate of drug-likeness (QED) is 0.891. The number of nitrogens with zero attached hydrogens (tertiary/aromatic N) is 3. The van der Waals surface area contributed by atoms with Gasteiger partial charge in [0.25, 0.3) is 0 Å². The molecular formula is C20H25FN4O2. The van der Waals surface area contributed by atoms with Crippen molar-refractivity contribution < 1.29 is 9.18 Å². The van der Waals surface area contributed by atoms with Crippen molar-refractivity contribution in [1.82, 2.24) is 19.7 Å². The minimum absolute atomic E-state index is 0.00945. The topological polar surface area (TPSA) is 68.9 Å². The van der Waals surface area contributed by atoms with Gasteiger partial charge in [0, 0.05) is 32.0 Å². The molecule has 1 atom stereocenters. The second-order valence-corrected chi connectivity index (χ2v) is 7.88. The van der Waals surface area contributed by atoms with E-state index >= 15 is 0 Å². The smallest absolute Gasteiger partial charge is 0.345 e. The number of nitrogens with one attached hydrogen (secondary N) is 1. The molecule has 1 amide bonds. The Kier molecular flexibility index (Phi) is 4.61. The zero-order chi connectivity index (χ0) is 19.0. The Hall–Kier alpha value is -2.44. The van der Waals surface area contributed by atoms with Crippen molar-refractivity contribution >= 4 is 5.91 Å². The van der Waals surface area contributed by atoms with Crippen molar-refractivity contribution in [2.75, 3.05) is 6.54 Å². The Balaban J connectivity index is 1.45. The highest BCUT2D eigenvalue weighted by atomic mass is 19.1. The number of halogens is 1. The summed E-state index contributed by atoms with van der Waals surface area (Å²) in [5, 5.41) is 7.35. The Morgan fingerprint density at radius 2 is 2.00 bits per heavy atom. The van der Waals surface area contributed by atoms with Crippen molar-refractivity contribution in [3.05, 3.63) is 52.0 Å². The number of hydrogen-bond donors (Lipinski definition) is 1. The standard InChI is InChI=1S/C20H25FN4O2/c1-24-19(27)25-12-14(4-9-17(25)23-24)18(26)22-13-20(10-2-3-11-20)15-5-7-16(21)8-6-15/h5-8,14H,2-4,9-13H2,1H3,(H,22,26)/t14-/m0/s1. The lowest BCUT2D eigenvalue weighted by Gasteiger charge is -2.31. The van der Waals surface area contributed by atoms with Gasteiger partial charge in [-0.25, -0.2) is 13.9 Å². The number of hydrogen-bond acceptors (Lipinski definition) is 3. The summed E-state index contributed by atoms with van der Waals surface area (Å²) in [4.78, 5) is 24.9. The number of rotatable bonds is 4. The minimum atomic E-state index is -0.240. The Morgan fingerprint density at radius 1 is 1.30 bits per heavy atom. The number of carbonyl (C=O) groups excluding carboxylic acids is 1. The number of amides is 1. The molecule has 2 aromatic rings. The summed E-state index contributed by atoms with van der Waals surface area (Å²) in [6, 6.07) is 6.67. The maximum Gasteiger partial charge on any atom is 0.345 e. The van der Waals surface area contributed by atoms with Crippen LogP contribution in [0.25, 0.3) is 0 Å². The van der Waals surface area contributed by atoms with E-state index in [2.05, 4.69) is 10.4 Å². The maximum absolute atomic E-state index is 13.3. The van der Waals surface area contributed by atoms with Gasteiger partial charge in [0.05, 0.1) is 5.92 Å². The molecule has 144 valence electrons. The van der Waals surface area contributed by atoms with Gasteiger partial charge in [-0.3, -0.25) is 9.36 Å². The van der Waals surface area contributed by atoms with E-state index < -0.39 is 0 Å². The monoisotopic (exact) mass is 372 g/mol. The molecule has 6 nitrogen and oxygen atoms in total. The fourth-order valence-electron chi connectivity index (χ4n) is 4.58. The normalized spacial score (nSPS) is 21.0. The van der Waals surface area contributed by atoms with Gasteiger partial charge in [0.1, 0.15) is 11.6 Å². The Morgan fingerprint density at radius 3 is 2.70 bits per heavy atom. The second-order valence-electron chi connectivity index (χ2n) is 7.88. The Labute approximate surface area is 157 Å². The predicted molar refractivity (Wildman–Crippen MR) is 98.8 cm³/mol. The third kappa shape index (κ3) is 3.31. The molecule has 1 aliphatic heterocycles. The third-order valence-electron chi connectivity index (χ3n) is 6.19. The van der Waals surface area contributed by atoms with Crippen LogP contribution in [0, 0.1) is 11.7 Å². The highest BCUT2D eigenvalue weighted by Crippen LogP contribution is 2.40. The summed E-state index contributed by atoms with van der Waals surface area (Å²) >= 11 is 0. The summed E-state index contributed by atoms with van der Waals surface area (Å²) in [5.41, 5.74) is 0.811. The molecule has 1 fully saturated rings. The molecule has 1 saturated carbocycles. The third-order valence-corrected chi connectivity index (χ3v) is 6.19. The molecule has 27 heavy (non-hydrogen) atoms. The van der Waals surface area contributed by atoms with Crippen LogP contribution in [0.5, 0.6) is 0 Å². The highest BCUT2D eigenvalue weighted by Gasteiger charge is 2.37. The van der Waals surface area contributed by atoms with Gasteiger partial charge in [0.15, 0.2) is 0 Å². The van der Waals surface area contributed by atoms with Gasteiger partial charge in [0.2, 0.25) is 5.91 Å². The predicted octanol–water partition coefficient (Wildman–Crippen LogP) is 1.91. The van der Waals surface area contributed by atoms with Crippen molar-refractivity contribution in [1.29, 1.82) is 0 Å². The fraction of sp³-hybridized carbons (Fsp3) is 0.550. The molecule has 0 radical (unpaired) electrons. The van der Waals surface area contributed by atoms with Crippen LogP contribution in [0.15, 0.2) is 29.1 Å². The molecule has 7 heteroatoms. The molecular weight excluding hydrogens is 347 g/mol. The lowest BCUT2D eigenvalue weighted by molar-refractivity contribution is -0.126. The lowest BCUT2D eigenvalue weighted by Crippen LogP contribution is -2.44. The van der Waals surface area contributed by atoms with Gasteiger partial charge in [-0.05, 0) is 37.0 Å². The molecule has 1 N–H and O–H groups in total. The molecule has 4 rings (SSSR count). The molecule has 2 heterocycles. The van der Waals surface area contributed by atoms with Gasteiger partial charge in [-0.15, -0.1) is 0 Å². The van der Waals surface area contributed by atoms with Crippen LogP contribution in [-0.4, -0.2) is 26.8 Å². The first-order valence-corrected chi connectivity index (χ1v) is 9.65. The summed E-state index contributed by atoms with van der Waals surface area (Å²) < 4.78 is 16.2. The Bertz CT molecular complexity index is 894. The summed E-state index contributed by atoms with van der Waals surface area (Å²) in [6.07, 6.45) is 5.56. The first-order chi connectivity index (χ1) is 13.0. The zero-order valence-electron chi connectivity index (χ0n) is 15.6. The lowest BCUT2D eigenvalue weighted by atomic mass is 9.78. The number of benzene rings is 1. The number of aryl methyl sites for hydroxylation is 2. The van der Waals surface area contributed by atoms with Crippen LogP contribution in [0.1, 0.15) is 43.5 Å². The van der Waals surface area contributed by atoms with Crippen molar-refractivity contribution in [3.63, 3.8) is 0 Å². The molecule has 2 aliphatic rings. The van der Waals surface area contributed by atoms with Crippen LogP contribution in [0.3, 0.4) is 0 Å². The summed E-state index contributed by atoms with van der Waals surface area (Å²) in [7, 11) is 1.63. The van der Waals surface area contributed by atoms with Gasteiger partial charge >= 0.3 is 5.69 Å². The number of carbonyl (C=O) groups is 1. The van der Waals surface area contributed by atoms with E-state index in [1.165, 1.54) is 16.8 Å². The summed E-state index contributed by atoms with van der Waals surface area (Å²) in [6.45, 7) is 0.945. The number of aromatic nitrogens is 3.